The van der Waals surface area contributed by atoms with Crippen molar-refractivity contribution in [3.8, 4) is 5.75 Å². The molecule has 2 aromatic rings. The molecular formula is C19H19BrClN3O3. The summed E-state index contributed by atoms with van der Waals surface area (Å²) in [6.45, 7) is 1.61. The maximum Gasteiger partial charge on any atom is 0.262 e. The van der Waals surface area contributed by atoms with Gasteiger partial charge in [-0.05, 0) is 49.2 Å². The van der Waals surface area contributed by atoms with E-state index >= 15 is 0 Å². The van der Waals surface area contributed by atoms with Gasteiger partial charge in [0.15, 0.2) is 6.61 Å². The predicted molar refractivity (Wildman–Crippen MR) is 110 cm³/mol. The molecular weight excluding hydrogens is 434 g/mol. The number of ether oxygens (including phenoxy) is 1. The second-order valence-electron chi connectivity index (χ2n) is 6.20. The highest BCUT2D eigenvalue weighted by atomic mass is 79.9. The predicted octanol–water partition coefficient (Wildman–Crippen LogP) is 3.82. The largest absolute Gasteiger partial charge is 0.482 e. The van der Waals surface area contributed by atoms with Gasteiger partial charge in [0.05, 0.1) is 16.4 Å². The van der Waals surface area contributed by atoms with Gasteiger partial charge < -0.3 is 20.7 Å². The van der Waals surface area contributed by atoms with Gasteiger partial charge in [0.1, 0.15) is 5.75 Å². The van der Waals surface area contributed by atoms with Crippen molar-refractivity contribution in [3.63, 3.8) is 0 Å². The average molecular weight is 453 g/mol. The zero-order valence-electron chi connectivity index (χ0n) is 14.5. The summed E-state index contributed by atoms with van der Waals surface area (Å²) in [5, 5.41) is 3.23. The Morgan fingerprint density at radius 1 is 1.19 bits per heavy atom. The van der Waals surface area contributed by atoms with E-state index in [2.05, 4.69) is 26.1 Å². The number of nitrogens with zero attached hydrogens (tertiary/aromatic N) is 1. The molecule has 0 radical (unpaired) electrons. The SMILES string of the molecule is NC(=O)c1ccc(N2CCCC2)c(NC(=O)COc2ccc(Br)cc2Cl)c1. The van der Waals surface area contributed by atoms with E-state index in [9.17, 15) is 9.59 Å². The maximum atomic E-state index is 12.4. The van der Waals surface area contributed by atoms with Crippen molar-refractivity contribution < 1.29 is 14.3 Å². The fourth-order valence-electron chi connectivity index (χ4n) is 2.95. The van der Waals surface area contributed by atoms with Gasteiger partial charge in [0.25, 0.3) is 5.91 Å². The zero-order valence-corrected chi connectivity index (χ0v) is 16.8. The number of halogens is 2. The minimum atomic E-state index is -0.545. The Bertz CT molecular complexity index is 869. The molecule has 1 fully saturated rings. The monoisotopic (exact) mass is 451 g/mol. The van der Waals surface area contributed by atoms with E-state index < -0.39 is 5.91 Å². The van der Waals surface area contributed by atoms with Gasteiger partial charge >= 0.3 is 0 Å². The van der Waals surface area contributed by atoms with Gasteiger partial charge in [0, 0.05) is 23.1 Å². The molecule has 1 aliphatic heterocycles. The number of rotatable bonds is 6. The van der Waals surface area contributed by atoms with Crippen LogP contribution in [0.5, 0.6) is 5.75 Å². The highest BCUT2D eigenvalue weighted by Crippen LogP contribution is 2.31. The molecule has 1 heterocycles. The molecule has 0 unspecified atom stereocenters. The number of hydrogen-bond acceptors (Lipinski definition) is 4. The smallest absolute Gasteiger partial charge is 0.262 e. The first-order valence-corrected chi connectivity index (χ1v) is 9.67. The van der Waals surface area contributed by atoms with Gasteiger partial charge in [-0.15, -0.1) is 0 Å². The Hall–Kier alpha value is -2.25. The van der Waals surface area contributed by atoms with Crippen molar-refractivity contribution in [2.75, 3.05) is 29.9 Å². The Balaban J connectivity index is 1.73. The third-order valence-corrected chi connectivity index (χ3v) is 5.04. The fraction of sp³-hybridized carbons (Fsp3) is 0.263. The third kappa shape index (κ3) is 4.93. The zero-order chi connectivity index (χ0) is 19.4. The van der Waals surface area contributed by atoms with Crippen LogP contribution in [0.4, 0.5) is 11.4 Å². The molecule has 0 spiro atoms. The topological polar surface area (TPSA) is 84.7 Å². The van der Waals surface area contributed by atoms with Crippen molar-refractivity contribution in [3.05, 3.63) is 51.5 Å². The van der Waals surface area contributed by atoms with Crippen LogP contribution in [0.2, 0.25) is 5.02 Å². The molecule has 0 aromatic heterocycles. The molecule has 0 aliphatic carbocycles. The molecule has 0 saturated carbocycles. The van der Waals surface area contributed by atoms with Crippen molar-refractivity contribution in [1.82, 2.24) is 0 Å². The number of primary amides is 1. The number of benzene rings is 2. The van der Waals surface area contributed by atoms with Crippen LogP contribution >= 0.6 is 27.5 Å². The summed E-state index contributed by atoms with van der Waals surface area (Å²) in [4.78, 5) is 26.1. The summed E-state index contributed by atoms with van der Waals surface area (Å²) in [6.07, 6.45) is 2.19. The lowest BCUT2D eigenvalue weighted by atomic mass is 10.1. The molecule has 27 heavy (non-hydrogen) atoms. The summed E-state index contributed by atoms with van der Waals surface area (Å²) >= 11 is 9.41. The van der Waals surface area contributed by atoms with Crippen LogP contribution in [0.15, 0.2) is 40.9 Å². The van der Waals surface area contributed by atoms with E-state index in [0.29, 0.717) is 22.0 Å². The Morgan fingerprint density at radius 2 is 1.93 bits per heavy atom. The molecule has 8 heteroatoms. The van der Waals surface area contributed by atoms with Crippen LogP contribution < -0.4 is 20.7 Å². The summed E-state index contributed by atoms with van der Waals surface area (Å²) in [7, 11) is 0. The van der Waals surface area contributed by atoms with Gasteiger partial charge in [-0.2, -0.15) is 0 Å². The van der Waals surface area contributed by atoms with Crippen LogP contribution in [0.25, 0.3) is 0 Å². The van der Waals surface area contributed by atoms with E-state index in [1.54, 1.807) is 30.3 Å². The quantitative estimate of drug-likeness (QED) is 0.698. The molecule has 0 atom stereocenters. The van der Waals surface area contributed by atoms with Gasteiger partial charge in [-0.3, -0.25) is 9.59 Å². The van der Waals surface area contributed by atoms with Crippen LogP contribution in [0, 0.1) is 0 Å². The lowest BCUT2D eigenvalue weighted by Crippen LogP contribution is -2.24. The van der Waals surface area contributed by atoms with Crippen molar-refractivity contribution in [2.45, 2.75) is 12.8 Å². The maximum absolute atomic E-state index is 12.4. The number of carbonyl (C=O) groups is 2. The summed E-state index contributed by atoms with van der Waals surface area (Å²) in [6, 6.07) is 10.2. The van der Waals surface area contributed by atoms with Gasteiger partial charge in [0.2, 0.25) is 5.91 Å². The number of anilines is 2. The normalized spacial score (nSPS) is 13.5. The molecule has 1 saturated heterocycles. The Morgan fingerprint density at radius 3 is 2.59 bits per heavy atom. The molecule has 0 bridgehead atoms. The van der Waals surface area contributed by atoms with E-state index in [4.69, 9.17) is 22.1 Å². The fourth-order valence-corrected chi connectivity index (χ4v) is 3.67. The highest BCUT2D eigenvalue weighted by Gasteiger charge is 2.18. The van der Waals surface area contributed by atoms with E-state index in [0.717, 1.165) is 36.1 Å². The van der Waals surface area contributed by atoms with Crippen molar-refractivity contribution in [2.24, 2.45) is 5.73 Å². The lowest BCUT2D eigenvalue weighted by Gasteiger charge is -2.22. The molecule has 1 aliphatic rings. The van der Waals surface area contributed by atoms with Crippen LogP contribution in [-0.2, 0) is 4.79 Å². The standard InChI is InChI=1S/C19H19BrClN3O3/c20-13-4-6-17(14(21)10-13)27-11-18(25)23-15-9-12(19(22)26)3-5-16(15)24-7-1-2-8-24/h3-6,9-10H,1-2,7-8,11H2,(H2,22,26)(H,23,25). The first kappa shape index (κ1) is 19.5. The van der Waals surface area contributed by atoms with E-state index in [1.165, 1.54) is 0 Å². The van der Waals surface area contributed by atoms with Gasteiger partial charge in [-0.1, -0.05) is 27.5 Å². The summed E-state index contributed by atoms with van der Waals surface area (Å²) in [5.41, 5.74) is 7.12. The average Bonchev–Trinajstić information content (AvgIpc) is 3.15. The van der Waals surface area contributed by atoms with Crippen molar-refractivity contribution >= 4 is 50.7 Å². The number of nitrogens with one attached hydrogen (secondary N) is 1. The lowest BCUT2D eigenvalue weighted by molar-refractivity contribution is -0.118. The van der Waals surface area contributed by atoms with Crippen LogP contribution in [0.3, 0.4) is 0 Å². The molecule has 2 aromatic carbocycles. The van der Waals surface area contributed by atoms with Gasteiger partial charge in [-0.25, -0.2) is 0 Å². The molecule has 6 nitrogen and oxygen atoms in total. The van der Waals surface area contributed by atoms with Crippen LogP contribution in [0.1, 0.15) is 23.2 Å². The molecule has 2 amide bonds. The summed E-state index contributed by atoms with van der Waals surface area (Å²) < 4.78 is 6.32. The number of hydrogen-bond donors (Lipinski definition) is 2. The van der Waals surface area contributed by atoms with E-state index in [-0.39, 0.29) is 12.5 Å². The number of carbonyl (C=O) groups excluding carboxylic acids is 2. The highest BCUT2D eigenvalue weighted by molar-refractivity contribution is 9.10. The van der Waals surface area contributed by atoms with E-state index in [1.807, 2.05) is 6.07 Å². The third-order valence-electron chi connectivity index (χ3n) is 4.25. The van der Waals surface area contributed by atoms with Crippen LogP contribution in [-0.4, -0.2) is 31.5 Å². The molecule has 142 valence electrons. The minimum absolute atomic E-state index is 0.207. The molecule has 3 rings (SSSR count). The number of amides is 2. The second-order valence-corrected chi connectivity index (χ2v) is 7.52. The van der Waals surface area contributed by atoms with Crippen molar-refractivity contribution in [1.29, 1.82) is 0 Å². The first-order chi connectivity index (χ1) is 12.9. The molecule has 3 N–H and O–H groups in total. The Labute approximate surface area is 170 Å². The Kier molecular flexibility index (Phi) is 6.23. The second kappa shape index (κ2) is 8.63. The number of nitrogens with two attached hydrogens (primary N) is 1. The summed E-state index contributed by atoms with van der Waals surface area (Å²) in [5.74, 6) is -0.479. The minimum Gasteiger partial charge on any atom is -0.482 e. The first-order valence-electron chi connectivity index (χ1n) is 8.50.